The van der Waals surface area contributed by atoms with E-state index in [9.17, 15) is 0 Å². The largest absolute Gasteiger partial charge is 0.494 e. The summed E-state index contributed by atoms with van der Waals surface area (Å²) in [5.74, 6) is 1.84. The molecular weight excluding hydrogens is 230 g/mol. The van der Waals surface area contributed by atoms with Gasteiger partial charge in [0, 0.05) is 6.20 Å². The standard InChI is InChI=1S/C13H15N3O2/c1-2-9-17-10-3-5-11(6-4-10)18-13-15-8-7-12(14)16-13/h3-8H,2,9H2,1H3,(H2,14,15,16). The van der Waals surface area contributed by atoms with Gasteiger partial charge < -0.3 is 15.2 Å². The molecule has 0 amide bonds. The fourth-order valence-corrected chi connectivity index (χ4v) is 1.33. The molecule has 0 saturated heterocycles. The highest BCUT2D eigenvalue weighted by Crippen LogP contribution is 2.21. The molecule has 18 heavy (non-hydrogen) atoms. The quantitative estimate of drug-likeness (QED) is 0.876. The highest BCUT2D eigenvalue weighted by Gasteiger charge is 2.01. The number of nitrogen functional groups attached to an aromatic ring is 1. The van der Waals surface area contributed by atoms with Crippen LogP contribution in [0.3, 0.4) is 0 Å². The number of aromatic nitrogens is 2. The molecule has 0 spiro atoms. The van der Waals surface area contributed by atoms with Gasteiger partial charge in [-0.15, -0.1) is 0 Å². The Bertz CT molecular complexity index is 500. The highest BCUT2D eigenvalue weighted by atomic mass is 16.5. The van der Waals surface area contributed by atoms with E-state index in [1.165, 1.54) is 0 Å². The molecule has 2 rings (SSSR count). The minimum atomic E-state index is 0.234. The van der Waals surface area contributed by atoms with Gasteiger partial charge in [0.2, 0.25) is 0 Å². The molecule has 0 radical (unpaired) electrons. The van der Waals surface area contributed by atoms with Crippen LogP contribution >= 0.6 is 0 Å². The van der Waals surface area contributed by atoms with Crippen molar-refractivity contribution in [3.05, 3.63) is 36.5 Å². The van der Waals surface area contributed by atoms with Gasteiger partial charge in [-0.05, 0) is 36.8 Å². The van der Waals surface area contributed by atoms with Crippen LogP contribution < -0.4 is 15.2 Å². The Morgan fingerprint density at radius 2 is 1.83 bits per heavy atom. The van der Waals surface area contributed by atoms with Crippen molar-refractivity contribution in [1.82, 2.24) is 9.97 Å². The van der Waals surface area contributed by atoms with E-state index in [0.717, 1.165) is 12.2 Å². The van der Waals surface area contributed by atoms with Gasteiger partial charge >= 0.3 is 6.01 Å². The van der Waals surface area contributed by atoms with Crippen LogP contribution in [0, 0.1) is 0 Å². The Morgan fingerprint density at radius 3 is 2.50 bits per heavy atom. The van der Waals surface area contributed by atoms with Gasteiger partial charge in [0.25, 0.3) is 0 Å². The summed E-state index contributed by atoms with van der Waals surface area (Å²) in [6.07, 6.45) is 2.53. The van der Waals surface area contributed by atoms with Crippen molar-refractivity contribution < 1.29 is 9.47 Å². The maximum atomic E-state index is 5.54. The van der Waals surface area contributed by atoms with E-state index >= 15 is 0 Å². The van der Waals surface area contributed by atoms with E-state index in [1.54, 1.807) is 24.4 Å². The molecule has 5 heteroatoms. The van der Waals surface area contributed by atoms with Gasteiger partial charge in [-0.3, -0.25) is 0 Å². The molecule has 1 heterocycles. The topological polar surface area (TPSA) is 70.3 Å². The normalized spacial score (nSPS) is 10.1. The number of rotatable bonds is 5. The number of nitrogens with two attached hydrogens (primary N) is 1. The van der Waals surface area contributed by atoms with Crippen molar-refractivity contribution in [2.75, 3.05) is 12.3 Å². The van der Waals surface area contributed by atoms with Crippen LogP contribution in [-0.4, -0.2) is 16.6 Å². The lowest BCUT2D eigenvalue weighted by Gasteiger charge is -2.06. The minimum Gasteiger partial charge on any atom is -0.494 e. The van der Waals surface area contributed by atoms with Crippen LogP contribution in [0.4, 0.5) is 5.82 Å². The molecule has 1 aromatic carbocycles. The summed E-state index contributed by atoms with van der Waals surface area (Å²) < 4.78 is 10.9. The number of hydrogen-bond acceptors (Lipinski definition) is 5. The zero-order valence-electron chi connectivity index (χ0n) is 10.2. The third kappa shape index (κ3) is 3.35. The van der Waals surface area contributed by atoms with E-state index in [0.29, 0.717) is 18.2 Å². The Hall–Kier alpha value is -2.30. The number of ether oxygens (including phenoxy) is 2. The fourth-order valence-electron chi connectivity index (χ4n) is 1.33. The van der Waals surface area contributed by atoms with Crippen molar-refractivity contribution in [2.24, 2.45) is 0 Å². The van der Waals surface area contributed by atoms with Gasteiger partial charge in [0.15, 0.2) is 0 Å². The molecular formula is C13H15N3O2. The molecule has 5 nitrogen and oxygen atoms in total. The molecule has 2 aromatic rings. The molecule has 0 unspecified atom stereocenters. The number of benzene rings is 1. The second-order valence-corrected chi connectivity index (χ2v) is 3.69. The summed E-state index contributed by atoms with van der Waals surface area (Å²) in [7, 11) is 0. The predicted octanol–water partition coefficient (Wildman–Crippen LogP) is 2.64. The first-order valence-corrected chi connectivity index (χ1v) is 5.77. The van der Waals surface area contributed by atoms with Crippen LogP contribution in [0.2, 0.25) is 0 Å². The molecule has 0 aliphatic rings. The molecule has 2 N–H and O–H groups in total. The SMILES string of the molecule is CCCOc1ccc(Oc2nccc(N)n2)cc1. The Labute approximate surface area is 106 Å². The van der Waals surface area contributed by atoms with Crippen LogP contribution in [-0.2, 0) is 0 Å². The Morgan fingerprint density at radius 1 is 1.11 bits per heavy atom. The lowest BCUT2D eigenvalue weighted by Crippen LogP contribution is -1.96. The first-order chi connectivity index (χ1) is 8.78. The van der Waals surface area contributed by atoms with Crippen LogP contribution in [0.15, 0.2) is 36.5 Å². The lowest BCUT2D eigenvalue weighted by atomic mass is 10.3. The summed E-state index contributed by atoms with van der Waals surface area (Å²) in [5.41, 5.74) is 5.54. The van der Waals surface area contributed by atoms with Crippen LogP contribution in [0.5, 0.6) is 17.5 Å². The van der Waals surface area contributed by atoms with Crippen LogP contribution in [0.1, 0.15) is 13.3 Å². The average molecular weight is 245 g/mol. The van der Waals surface area contributed by atoms with Gasteiger partial charge in [-0.25, -0.2) is 4.98 Å². The second kappa shape index (κ2) is 5.86. The number of hydrogen-bond donors (Lipinski definition) is 1. The third-order valence-electron chi connectivity index (χ3n) is 2.16. The molecule has 0 fully saturated rings. The first-order valence-electron chi connectivity index (χ1n) is 5.77. The van der Waals surface area contributed by atoms with E-state index < -0.39 is 0 Å². The maximum Gasteiger partial charge on any atom is 0.323 e. The molecule has 0 aliphatic heterocycles. The van der Waals surface area contributed by atoms with Gasteiger partial charge in [0.1, 0.15) is 17.3 Å². The summed E-state index contributed by atoms with van der Waals surface area (Å²) in [5, 5.41) is 0. The number of anilines is 1. The predicted molar refractivity (Wildman–Crippen MR) is 68.7 cm³/mol. The Balaban J connectivity index is 2.02. The van der Waals surface area contributed by atoms with E-state index in [-0.39, 0.29) is 6.01 Å². The van der Waals surface area contributed by atoms with Gasteiger partial charge in [0.05, 0.1) is 6.61 Å². The fraction of sp³-hybridized carbons (Fsp3) is 0.231. The van der Waals surface area contributed by atoms with Gasteiger partial charge in [-0.1, -0.05) is 6.92 Å². The summed E-state index contributed by atoms with van der Waals surface area (Å²) in [6.45, 7) is 2.77. The summed E-state index contributed by atoms with van der Waals surface area (Å²) in [4.78, 5) is 7.92. The van der Waals surface area contributed by atoms with Crippen molar-refractivity contribution in [2.45, 2.75) is 13.3 Å². The van der Waals surface area contributed by atoms with E-state index in [2.05, 4.69) is 16.9 Å². The molecule has 1 aromatic heterocycles. The summed E-state index contributed by atoms with van der Waals surface area (Å²) in [6, 6.07) is 9.13. The van der Waals surface area contributed by atoms with E-state index in [1.807, 2.05) is 12.1 Å². The average Bonchev–Trinajstić information content (AvgIpc) is 2.38. The zero-order valence-corrected chi connectivity index (χ0v) is 10.2. The molecule has 0 saturated carbocycles. The number of nitrogens with zero attached hydrogens (tertiary/aromatic N) is 2. The first kappa shape index (κ1) is 12.2. The van der Waals surface area contributed by atoms with Crippen molar-refractivity contribution in [3.63, 3.8) is 0 Å². The van der Waals surface area contributed by atoms with Gasteiger partial charge in [-0.2, -0.15) is 4.98 Å². The molecule has 0 atom stereocenters. The van der Waals surface area contributed by atoms with E-state index in [4.69, 9.17) is 15.2 Å². The smallest absolute Gasteiger partial charge is 0.323 e. The minimum absolute atomic E-state index is 0.234. The zero-order chi connectivity index (χ0) is 12.8. The molecule has 0 aliphatic carbocycles. The maximum absolute atomic E-state index is 5.54. The highest BCUT2D eigenvalue weighted by molar-refractivity contribution is 5.34. The summed E-state index contributed by atoms with van der Waals surface area (Å²) >= 11 is 0. The molecule has 0 bridgehead atoms. The van der Waals surface area contributed by atoms with Crippen LogP contribution in [0.25, 0.3) is 0 Å². The van der Waals surface area contributed by atoms with Crippen molar-refractivity contribution >= 4 is 5.82 Å². The third-order valence-corrected chi connectivity index (χ3v) is 2.16. The van der Waals surface area contributed by atoms with Crippen molar-refractivity contribution in [3.8, 4) is 17.5 Å². The second-order valence-electron chi connectivity index (χ2n) is 3.69. The Kier molecular flexibility index (Phi) is 3.96. The lowest BCUT2D eigenvalue weighted by molar-refractivity contribution is 0.317. The monoisotopic (exact) mass is 245 g/mol. The molecule has 94 valence electrons. The van der Waals surface area contributed by atoms with Crippen molar-refractivity contribution in [1.29, 1.82) is 0 Å².